The van der Waals surface area contributed by atoms with Crippen molar-refractivity contribution in [2.75, 3.05) is 33.3 Å². The molecule has 6 heteroatoms. The molecule has 4 rings (SSSR count). The van der Waals surface area contributed by atoms with Crippen molar-refractivity contribution in [3.63, 3.8) is 0 Å². The summed E-state index contributed by atoms with van der Waals surface area (Å²) < 4.78 is 11.9. The van der Waals surface area contributed by atoms with Gasteiger partial charge >= 0.3 is 0 Å². The van der Waals surface area contributed by atoms with Gasteiger partial charge in [0.25, 0.3) is 5.91 Å². The van der Waals surface area contributed by atoms with Gasteiger partial charge in [-0.3, -0.25) is 14.7 Å². The van der Waals surface area contributed by atoms with Crippen LogP contribution in [-0.2, 0) is 6.54 Å². The van der Waals surface area contributed by atoms with Crippen LogP contribution in [0.3, 0.4) is 0 Å². The molecule has 1 saturated heterocycles. The Balaban J connectivity index is 1.20. The molecule has 1 aromatic heterocycles. The lowest BCUT2D eigenvalue weighted by Gasteiger charge is -2.31. The van der Waals surface area contributed by atoms with Gasteiger partial charge in [0.1, 0.15) is 24.2 Å². The Labute approximate surface area is 195 Å². The van der Waals surface area contributed by atoms with Gasteiger partial charge in [-0.15, -0.1) is 0 Å². The third-order valence-electron chi connectivity index (χ3n) is 5.84. The summed E-state index contributed by atoms with van der Waals surface area (Å²) in [6, 6.07) is 23.1. The lowest BCUT2D eigenvalue weighted by Crippen LogP contribution is -2.38. The van der Waals surface area contributed by atoms with Crippen LogP contribution < -0.4 is 9.47 Å². The smallest absolute Gasteiger partial charge is 0.253 e. The van der Waals surface area contributed by atoms with Gasteiger partial charge in [0, 0.05) is 38.4 Å². The van der Waals surface area contributed by atoms with Crippen molar-refractivity contribution < 1.29 is 14.3 Å². The molecule has 1 amide bonds. The average molecular weight is 446 g/mol. The highest BCUT2D eigenvalue weighted by molar-refractivity contribution is 5.94. The van der Waals surface area contributed by atoms with Gasteiger partial charge in [-0.1, -0.05) is 24.3 Å². The lowest BCUT2D eigenvalue weighted by molar-refractivity contribution is 0.0773. The van der Waals surface area contributed by atoms with E-state index in [4.69, 9.17) is 9.47 Å². The predicted octanol–water partition coefficient (Wildman–Crippen LogP) is 4.28. The summed E-state index contributed by atoms with van der Waals surface area (Å²) in [6.07, 6.45) is 4.01. The minimum absolute atomic E-state index is 0.0268. The summed E-state index contributed by atoms with van der Waals surface area (Å²) in [7, 11) is 1.79. The molecule has 1 aliphatic heterocycles. The summed E-state index contributed by atoms with van der Waals surface area (Å²) in [5.41, 5.74) is 1.75. The highest BCUT2D eigenvalue weighted by atomic mass is 16.5. The van der Waals surface area contributed by atoms with E-state index < -0.39 is 0 Å². The van der Waals surface area contributed by atoms with E-state index >= 15 is 0 Å². The maximum Gasteiger partial charge on any atom is 0.253 e. The quantitative estimate of drug-likeness (QED) is 0.492. The number of benzene rings is 2. The summed E-state index contributed by atoms with van der Waals surface area (Å²) in [5.74, 6) is 1.59. The number of ether oxygens (including phenoxy) is 2. The molecule has 0 atom stereocenters. The summed E-state index contributed by atoms with van der Waals surface area (Å²) >= 11 is 0. The molecule has 0 unspecified atom stereocenters. The number of pyridine rings is 1. The molecular formula is C27H31N3O3. The first-order valence-electron chi connectivity index (χ1n) is 11.5. The van der Waals surface area contributed by atoms with E-state index in [1.54, 1.807) is 11.9 Å². The molecule has 2 aromatic carbocycles. The first kappa shape index (κ1) is 22.8. The molecule has 3 aromatic rings. The van der Waals surface area contributed by atoms with E-state index in [1.807, 2.05) is 72.9 Å². The number of amides is 1. The molecular weight excluding hydrogens is 414 g/mol. The minimum atomic E-state index is -0.0268. The zero-order valence-electron chi connectivity index (χ0n) is 19.1. The first-order chi connectivity index (χ1) is 16.2. The van der Waals surface area contributed by atoms with Crippen molar-refractivity contribution in [3.8, 4) is 11.5 Å². The Morgan fingerprint density at radius 1 is 0.970 bits per heavy atom. The van der Waals surface area contributed by atoms with Gasteiger partial charge in [-0.05, 0) is 61.4 Å². The van der Waals surface area contributed by atoms with Crippen molar-refractivity contribution in [2.45, 2.75) is 25.5 Å². The number of aromatic nitrogens is 1. The van der Waals surface area contributed by atoms with Crippen LogP contribution in [0.15, 0.2) is 79.0 Å². The second-order valence-electron chi connectivity index (χ2n) is 8.33. The number of carbonyl (C=O) groups excluding carboxylic acids is 1. The molecule has 33 heavy (non-hydrogen) atoms. The van der Waals surface area contributed by atoms with Gasteiger partial charge in [0.05, 0.1) is 12.2 Å². The van der Waals surface area contributed by atoms with Crippen LogP contribution in [0.5, 0.6) is 11.5 Å². The Hall–Kier alpha value is -3.38. The van der Waals surface area contributed by atoms with Gasteiger partial charge in [0.2, 0.25) is 0 Å². The molecule has 0 N–H and O–H groups in total. The molecule has 0 aliphatic carbocycles. The number of hydrogen-bond donors (Lipinski definition) is 0. The van der Waals surface area contributed by atoms with E-state index in [0.29, 0.717) is 18.7 Å². The molecule has 0 spiro atoms. The molecule has 1 aliphatic rings. The third kappa shape index (κ3) is 6.80. The van der Waals surface area contributed by atoms with Gasteiger partial charge < -0.3 is 14.4 Å². The summed E-state index contributed by atoms with van der Waals surface area (Å²) in [6.45, 7) is 3.84. The number of carbonyl (C=O) groups is 1. The average Bonchev–Trinajstić information content (AvgIpc) is 2.86. The van der Waals surface area contributed by atoms with Crippen molar-refractivity contribution >= 4 is 5.91 Å². The SMILES string of the molecule is CN(CCOc1ccccc1)C(=O)c1ccc(OC2CCN(Cc3ccccn3)CC2)cc1. The van der Waals surface area contributed by atoms with E-state index in [2.05, 4.69) is 16.0 Å². The molecule has 0 bridgehead atoms. The largest absolute Gasteiger partial charge is 0.492 e. The first-order valence-corrected chi connectivity index (χ1v) is 11.5. The van der Waals surface area contributed by atoms with Crippen molar-refractivity contribution in [1.82, 2.24) is 14.8 Å². The standard InChI is InChI=1S/C27H31N3O3/c1-29(19-20-32-24-8-3-2-4-9-24)27(31)22-10-12-25(13-11-22)33-26-14-17-30(18-15-26)21-23-7-5-6-16-28-23/h2-13,16,26H,14-15,17-21H2,1H3. The lowest BCUT2D eigenvalue weighted by atomic mass is 10.1. The number of likely N-dealkylation sites (tertiary alicyclic amines) is 1. The molecule has 1 fully saturated rings. The Morgan fingerprint density at radius 3 is 2.39 bits per heavy atom. The van der Waals surface area contributed by atoms with Crippen molar-refractivity contribution in [3.05, 3.63) is 90.3 Å². The van der Waals surface area contributed by atoms with Crippen LogP contribution in [0.1, 0.15) is 28.9 Å². The summed E-state index contributed by atoms with van der Waals surface area (Å²) in [4.78, 5) is 21.2. The number of likely N-dealkylation sites (N-methyl/N-ethyl adjacent to an activating group) is 1. The zero-order valence-corrected chi connectivity index (χ0v) is 19.1. The highest BCUT2D eigenvalue weighted by Gasteiger charge is 2.21. The topological polar surface area (TPSA) is 54.9 Å². The number of piperidine rings is 1. The molecule has 2 heterocycles. The fraction of sp³-hybridized carbons (Fsp3) is 0.333. The minimum Gasteiger partial charge on any atom is -0.492 e. The van der Waals surface area contributed by atoms with E-state index in [0.717, 1.165) is 49.7 Å². The van der Waals surface area contributed by atoms with Crippen LogP contribution in [0.2, 0.25) is 0 Å². The zero-order chi connectivity index (χ0) is 22.9. The number of para-hydroxylation sites is 1. The number of rotatable bonds is 9. The monoisotopic (exact) mass is 445 g/mol. The van der Waals surface area contributed by atoms with Crippen LogP contribution in [0.25, 0.3) is 0 Å². The second-order valence-corrected chi connectivity index (χ2v) is 8.33. The van der Waals surface area contributed by atoms with Gasteiger partial charge in [-0.2, -0.15) is 0 Å². The van der Waals surface area contributed by atoms with Crippen LogP contribution in [0, 0.1) is 0 Å². The van der Waals surface area contributed by atoms with Crippen molar-refractivity contribution in [2.24, 2.45) is 0 Å². The fourth-order valence-corrected chi connectivity index (χ4v) is 3.91. The highest BCUT2D eigenvalue weighted by Crippen LogP contribution is 2.21. The third-order valence-corrected chi connectivity index (χ3v) is 5.84. The molecule has 172 valence electrons. The molecule has 0 saturated carbocycles. The van der Waals surface area contributed by atoms with Crippen LogP contribution in [0.4, 0.5) is 0 Å². The van der Waals surface area contributed by atoms with Crippen molar-refractivity contribution in [1.29, 1.82) is 0 Å². The van der Waals surface area contributed by atoms with Gasteiger partial charge in [-0.25, -0.2) is 0 Å². The molecule has 0 radical (unpaired) electrons. The predicted molar refractivity (Wildman–Crippen MR) is 129 cm³/mol. The maximum absolute atomic E-state index is 12.7. The number of hydrogen-bond acceptors (Lipinski definition) is 5. The maximum atomic E-state index is 12.7. The second kappa shape index (κ2) is 11.5. The Morgan fingerprint density at radius 2 is 1.70 bits per heavy atom. The Kier molecular flexibility index (Phi) is 7.93. The summed E-state index contributed by atoms with van der Waals surface area (Å²) in [5, 5.41) is 0. The molecule has 6 nitrogen and oxygen atoms in total. The number of nitrogens with zero attached hydrogens (tertiary/aromatic N) is 3. The van der Waals surface area contributed by atoms with Crippen LogP contribution in [-0.4, -0.2) is 60.1 Å². The van der Waals surface area contributed by atoms with Crippen LogP contribution >= 0.6 is 0 Å². The van der Waals surface area contributed by atoms with Gasteiger partial charge in [0.15, 0.2) is 0 Å². The normalized spacial score (nSPS) is 14.6. The van der Waals surface area contributed by atoms with E-state index in [-0.39, 0.29) is 12.0 Å². The Bertz CT molecular complexity index is 988. The van der Waals surface area contributed by atoms with E-state index in [9.17, 15) is 4.79 Å². The fourth-order valence-electron chi connectivity index (χ4n) is 3.91. The van der Waals surface area contributed by atoms with E-state index in [1.165, 1.54) is 0 Å².